The molecule has 2 aliphatic rings. The molecule has 1 saturated heterocycles. The number of piperidine rings is 1. The molecule has 1 atom stereocenters. The van der Waals surface area contributed by atoms with Gasteiger partial charge in [-0.2, -0.15) is 0 Å². The van der Waals surface area contributed by atoms with E-state index in [9.17, 15) is 9.59 Å². The molecular formula is C34H36ClN7O2S. The molecule has 1 N–H and O–H groups in total. The van der Waals surface area contributed by atoms with Gasteiger partial charge in [0.05, 0.1) is 12.1 Å². The second-order valence-corrected chi connectivity index (χ2v) is 13.3. The van der Waals surface area contributed by atoms with Crippen molar-refractivity contribution in [1.82, 2.24) is 30.0 Å². The van der Waals surface area contributed by atoms with E-state index in [0.29, 0.717) is 36.4 Å². The van der Waals surface area contributed by atoms with Crippen molar-refractivity contribution >= 4 is 46.5 Å². The number of pyridine rings is 1. The van der Waals surface area contributed by atoms with Crippen molar-refractivity contribution in [3.63, 3.8) is 0 Å². The average Bonchev–Trinajstić information content (AvgIpc) is 3.53. The number of nitrogens with one attached hydrogen (secondary N) is 1. The van der Waals surface area contributed by atoms with Crippen LogP contribution in [0.5, 0.6) is 0 Å². The highest BCUT2D eigenvalue weighted by Crippen LogP contribution is 2.40. The first-order valence-corrected chi connectivity index (χ1v) is 16.5. The summed E-state index contributed by atoms with van der Waals surface area (Å²) in [5.41, 5.74) is 4.91. The Hall–Kier alpha value is -4.15. The molecule has 232 valence electrons. The number of likely N-dealkylation sites (tertiary alicyclic amines) is 1. The number of benzene rings is 1. The minimum absolute atomic E-state index is 0.0665. The SMILES string of the molecule is Cc1sc2c(c1C)C(c1ccc(Cl)cc1)=N[C@@H](CC(=O)N1CCC(CCNC(=O)/C=C/c3cccnc3)CC1)c1nnc(C)n1-2. The van der Waals surface area contributed by atoms with Gasteiger partial charge in [-0.15, -0.1) is 21.5 Å². The Kier molecular flexibility index (Phi) is 9.23. The standard InChI is InChI=1S/C34H36ClN7O2S/c1-21-22(2)45-34-31(21)32(26-7-9-27(35)10-8-26)38-28(33-40-39-23(3)42(33)34)19-30(44)41-17-13-24(14-18-41)12-16-37-29(43)11-6-25-5-4-15-36-20-25/h4-11,15,20,24,28H,12-14,16-19H2,1-3H3,(H,37,43)/b11-6+/t28-/m0/s1. The highest BCUT2D eigenvalue weighted by Gasteiger charge is 2.34. The Morgan fingerprint density at radius 3 is 2.60 bits per heavy atom. The summed E-state index contributed by atoms with van der Waals surface area (Å²) in [7, 11) is 0. The second kappa shape index (κ2) is 13.5. The third-order valence-electron chi connectivity index (χ3n) is 8.66. The summed E-state index contributed by atoms with van der Waals surface area (Å²) in [5, 5.41) is 13.6. The number of carbonyl (C=O) groups is 2. The van der Waals surface area contributed by atoms with Crippen molar-refractivity contribution in [1.29, 1.82) is 0 Å². The number of carbonyl (C=O) groups excluding carboxylic acids is 2. The summed E-state index contributed by atoms with van der Waals surface area (Å²) in [4.78, 5) is 38.4. The van der Waals surface area contributed by atoms with E-state index in [0.717, 1.165) is 58.1 Å². The number of aliphatic imine (C=N–C) groups is 1. The Bertz CT molecular complexity index is 1750. The Labute approximate surface area is 272 Å². The van der Waals surface area contributed by atoms with E-state index >= 15 is 0 Å². The quantitative estimate of drug-likeness (QED) is 0.236. The van der Waals surface area contributed by atoms with Crippen molar-refractivity contribution < 1.29 is 9.59 Å². The molecule has 5 heterocycles. The number of hydrogen-bond acceptors (Lipinski definition) is 7. The summed E-state index contributed by atoms with van der Waals surface area (Å²) in [6.45, 7) is 8.17. The monoisotopic (exact) mass is 641 g/mol. The molecule has 0 bridgehead atoms. The fraction of sp³-hybridized carbons (Fsp3) is 0.353. The number of thiophene rings is 1. The largest absolute Gasteiger partial charge is 0.353 e. The van der Waals surface area contributed by atoms with E-state index in [1.54, 1.807) is 29.8 Å². The van der Waals surface area contributed by atoms with E-state index < -0.39 is 6.04 Å². The molecule has 4 aromatic rings. The van der Waals surface area contributed by atoms with Crippen LogP contribution in [-0.4, -0.2) is 61.8 Å². The van der Waals surface area contributed by atoms with E-state index in [4.69, 9.17) is 16.6 Å². The van der Waals surface area contributed by atoms with Gasteiger partial charge in [0.25, 0.3) is 0 Å². The summed E-state index contributed by atoms with van der Waals surface area (Å²) in [6, 6.07) is 11.0. The molecule has 0 saturated carbocycles. The predicted molar refractivity (Wildman–Crippen MR) is 178 cm³/mol. The van der Waals surface area contributed by atoms with Crippen LogP contribution >= 0.6 is 22.9 Å². The molecule has 2 aliphatic heterocycles. The number of amides is 2. The summed E-state index contributed by atoms with van der Waals surface area (Å²) < 4.78 is 2.08. The lowest BCUT2D eigenvalue weighted by molar-refractivity contribution is -0.133. The van der Waals surface area contributed by atoms with Crippen molar-refractivity contribution in [3.8, 4) is 5.00 Å². The van der Waals surface area contributed by atoms with Gasteiger partial charge in [0.2, 0.25) is 11.8 Å². The zero-order chi connectivity index (χ0) is 31.5. The molecule has 0 aliphatic carbocycles. The number of halogens is 1. The van der Waals surface area contributed by atoms with Gasteiger partial charge in [-0.1, -0.05) is 29.8 Å². The second-order valence-electron chi connectivity index (χ2n) is 11.6. The molecule has 0 unspecified atom stereocenters. The third kappa shape index (κ3) is 6.77. The number of aromatic nitrogens is 4. The van der Waals surface area contributed by atoms with Gasteiger partial charge < -0.3 is 10.2 Å². The normalized spacial score (nSPS) is 16.7. The lowest BCUT2D eigenvalue weighted by Gasteiger charge is -2.32. The van der Waals surface area contributed by atoms with Crippen LogP contribution in [0.4, 0.5) is 0 Å². The molecular weight excluding hydrogens is 606 g/mol. The first-order chi connectivity index (χ1) is 21.8. The van der Waals surface area contributed by atoms with Gasteiger partial charge in [-0.05, 0) is 81.4 Å². The number of aryl methyl sites for hydroxylation is 2. The molecule has 0 spiro atoms. The van der Waals surface area contributed by atoms with Crippen LogP contribution in [0.15, 0.2) is 59.9 Å². The van der Waals surface area contributed by atoms with Crippen LogP contribution in [0.1, 0.15) is 70.5 Å². The highest BCUT2D eigenvalue weighted by atomic mass is 35.5. The number of hydrogen-bond donors (Lipinski definition) is 1. The van der Waals surface area contributed by atoms with Gasteiger partial charge in [0.1, 0.15) is 16.9 Å². The molecule has 45 heavy (non-hydrogen) atoms. The van der Waals surface area contributed by atoms with E-state index in [1.807, 2.05) is 48.2 Å². The zero-order valence-electron chi connectivity index (χ0n) is 25.7. The maximum Gasteiger partial charge on any atom is 0.244 e. The smallest absolute Gasteiger partial charge is 0.244 e. The van der Waals surface area contributed by atoms with Crippen LogP contribution in [-0.2, 0) is 9.59 Å². The Balaban J connectivity index is 1.12. The fourth-order valence-electron chi connectivity index (χ4n) is 6.00. The summed E-state index contributed by atoms with van der Waals surface area (Å²) in [6.07, 6.45) is 9.62. The summed E-state index contributed by atoms with van der Waals surface area (Å²) in [5.74, 6) is 1.87. The average molecular weight is 642 g/mol. The van der Waals surface area contributed by atoms with Crippen LogP contribution in [0, 0.1) is 26.7 Å². The van der Waals surface area contributed by atoms with Crippen LogP contribution < -0.4 is 5.32 Å². The van der Waals surface area contributed by atoms with Crippen LogP contribution in [0.25, 0.3) is 11.1 Å². The Morgan fingerprint density at radius 2 is 1.87 bits per heavy atom. The molecule has 6 rings (SSSR count). The van der Waals surface area contributed by atoms with Crippen LogP contribution in [0.2, 0.25) is 5.02 Å². The van der Waals surface area contributed by atoms with Crippen molar-refractivity contribution in [3.05, 3.63) is 98.7 Å². The molecule has 1 aromatic carbocycles. The predicted octanol–water partition coefficient (Wildman–Crippen LogP) is 6.04. The molecule has 3 aromatic heterocycles. The van der Waals surface area contributed by atoms with E-state index in [1.165, 1.54) is 11.0 Å². The maximum atomic E-state index is 13.7. The number of nitrogens with zero attached hydrogens (tertiary/aromatic N) is 6. The Morgan fingerprint density at radius 1 is 1.09 bits per heavy atom. The molecule has 0 radical (unpaired) electrons. The number of fused-ring (bicyclic) bond motifs is 3. The van der Waals surface area contributed by atoms with Gasteiger partial charge in [0, 0.05) is 59.1 Å². The lowest BCUT2D eigenvalue weighted by Crippen LogP contribution is -2.39. The maximum absolute atomic E-state index is 13.7. The van der Waals surface area contributed by atoms with Crippen LogP contribution in [0.3, 0.4) is 0 Å². The van der Waals surface area contributed by atoms with E-state index in [-0.39, 0.29) is 18.2 Å². The molecule has 9 nitrogen and oxygen atoms in total. The van der Waals surface area contributed by atoms with Crippen molar-refractivity contribution in [2.75, 3.05) is 19.6 Å². The first-order valence-electron chi connectivity index (χ1n) is 15.3. The van der Waals surface area contributed by atoms with Gasteiger partial charge in [-0.25, -0.2) is 0 Å². The topological polar surface area (TPSA) is 105 Å². The minimum Gasteiger partial charge on any atom is -0.353 e. The van der Waals surface area contributed by atoms with Crippen molar-refractivity contribution in [2.24, 2.45) is 10.9 Å². The molecule has 2 amide bonds. The number of rotatable bonds is 8. The van der Waals surface area contributed by atoms with Gasteiger partial charge >= 0.3 is 0 Å². The molecule has 11 heteroatoms. The first kappa shape index (κ1) is 30.9. The lowest BCUT2D eigenvalue weighted by atomic mass is 9.93. The highest BCUT2D eigenvalue weighted by molar-refractivity contribution is 7.15. The minimum atomic E-state index is -0.476. The van der Waals surface area contributed by atoms with Crippen molar-refractivity contribution in [2.45, 2.75) is 52.5 Å². The van der Waals surface area contributed by atoms with Gasteiger partial charge in [-0.3, -0.25) is 24.1 Å². The molecule has 1 fully saturated rings. The third-order valence-corrected chi connectivity index (χ3v) is 10.1. The van der Waals surface area contributed by atoms with E-state index in [2.05, 4.69) is 38.9 Å². The fourth-order valence-corrected chi connectivity index (χ4v) is 7.34. The van der Waals surface area contributed by atoms with Gasteiger partial charge in [0.15, 0.2) is 5.82 Å². The summed E-state index contributed by atoms with van der Waals surface area (Å²) >= 11 is 7.93. The zero-order valence-corrected chi connectivity index (χ0v) is 27.2.